The largest absolute Gasteiger partial charge is 0.320 e. The van der Waals surface area contributed by atoms with Gasteiger partial charge in [0, 0.05) is 10.7 Å². The highest BCUT2D eigenvalue weighted by Crippen LogP contribution is 2.42. The van der Waals surface area contributed by atoms with Gasteiger partial charge in [-0.25, -0.2) is 0 Å². The van der Waals surface area contributed by atoms with Crippen molar-refractivity contribution in [2.45, 2.75) is 37.9 Å². The number of nitrogens with one attached hydrogen (secondary N) is 1. The topological polar surface area (TPSA) is 73.2 Å². The molecule has 1 atom stereocenters. The molecule has 1 aliphatic heterocycles. The number of aryl methyl sites for hydroxylation is 1. The number of nitrogens with zero attached hydrogens (tertiary/aromatic N) is 2. The summed E-state index contributed by atoms with van der Waals surface area (Å²) in [6.45, 7) is 2.17. The number of carbonyl (C=O) groups excluding carboxylic acids is 2. The van der Waals surface area contributed by atoms with Crippen LogP contribution in [0.15, 0.2) is 83.4 Å². The Labute approximate surface area is 231 Å². The van der Waals surface area contributed by atoms with E-state index in [-0.39, 0.29) is 16.5 Å². The molecule has 3 aromatic rings. The average molecular weight is 551 g/mol. The van der Waals surface area contributed by atoms with Gasteiger partial charge in [-0.15, -0.1) is 0 Å². The van der Waals surface area contributed by atoms with Crippen LogP contribution in [-0.4, -0.2) is 17.1 Å². The molecular weight excluding hydrogens is 525 g/mol. The summed E-state index contributed by atoms with van der Waals surface area (Å²) in [5.74, 6) is -0.824. The van der Waals surface area contributed by atoms with Gasteiger partial charge in [0.2, 0.25) is 5.91 Å². The third-order valence-electron chi connectivity index (χ3n) is 5.96. The van der Waals surface area contributed by atoms with Crippen LogP contribution in [0.2, 0.25) is 10.0 Å². The fourth-order valence-electron chi connectivity index (χ4n) is 4.01. The third kappa shape index (κ3) is 6.37. The van der Waals surface area contributed by atoms with Crippen LogP contribution in [0.5, 0.6) is 0 Å². The Hall–Kier alpha value is -3.24. The Morgan fingerprint density at radius 2 is 1.76 bits per heavy atom. The van der Waals surface area contributed by atoms with E-state index in [0.717, 1.165) is 24.8 Å². The lowest BCUT2D eigenvalue weighted by atomic mass is 10.0. The Kier molecular flexibility index (Phi) is 8.94. The number of hydrogen-bond donors (Lipinski definition) is 1. The summed E-state index contributed by atoms with van der Waals surface area (Å²) in [7, 11) is 0. The molecule has 188 valence electrons. The van der Waals surface area contributed by atoms with E-state index in [1.165, 1.54) is 28.3 Å². The van der Waals surface area contributed by atoms with E-state index in [0.29, 0.717) is 27.8 Å². The Morgan fingerprint density at radius 1 is 1.05 bits per heavy atom. The van der Waals surface area contributed by atoms with Gasteiger partial charge < -0.3 is 5.32 Å². The highest BCUT2D eigenvalue weighted by atomic mass is 35.5. The van der Waals surface area contributed by atoms with E-state index in [1.54, 1.807) is 24.3 Å². The molecule has 5 nitrogen and oxygen atoms in total. The number of unbranched alkanes of at least 4 members (excludes halogenated alkanes) is 1. The van der Waals surface area contributed by atoms with Gasteiger partial charge in [0.25, 0.3) is 5.91 Å². The molecule has 0 aliphatic carbocycles. The van der Waals surface area contributed by atoms with Gasteiger partial charge in [-0.2, -0.15) is 5.26 Å². The minimum atomic E-state index is -0.649. The maximum absolute atomic E-state index is 13.6. The maximum Gasteiger partial charge on any atom is 0.269 e. The smallest absolute Gasteiger partial charge is 0.269 e. The fourth-order valence-corrected chi connectivity index (χ4v) is 5.78. The highest BCUT2D eigenvalue weighted by molar-refractivity contribution is 8.05. The number of halogens is 2. The number of hydrogen-bond acceptors (Lipinski definition) is 4. The van der Waals surface area contributed by atoms with Gasteiger partial charge in [0.15, 0.2) is 0 Å². The number of benzene rings is 3. The van der Waals surface area contributed by atoms with Crippen molar-refractivity contribution in [2.24, 2.45) is 0 Å². The first-order chi connectivity index (χ1) is 17.9. The second-order valence-corrected chi connectivity index (χ2v) is 10.6. The van der Waals surface area contributed by atoms with Crippen LogP contribution >= 0.6 is 35.0 Å². The van der Waals surface area contributed by atoms with Crippen LogP contribution in [0.1, 0.15) is 30.9 Å². The normalized spacial score (nSPS) is 16.4. The molecule has 1 heterocycles. The van der Waals surface area contributed by atoms with Crippen molar-refractivity contribution in [3.05, 3.63) is 105 Å². The molecule has 4 rings (SSSR count). The van der Waals surface area contributed by atoms with Crippen LogP contribution in [0, 0.1) is 11.3 Å². The number of anilines is 2. The maximum atomic E-state index is 13.6. The van der Waals surface area contributed by atoms with E-state index in [9.17, 15) is 14.9 Å². The van der Waals surface area contributed by atoms with Gasteiger partial charge in [0.05, 0.1) is 16.0 Å². The second kappa shape index (κ2) is 12.3. The van der Waals surface area contributed by atoms with Gasteiger partial charge in [-0.3, -0.25) is 14.5 Å². The van der Waals surface area contributed by atoms with E-state index in [4.69, 9.17) is 23.2 Å². The summed E-state index contributed by atoms with van der Waals surface area (Å²) in [6.07, 6.45) is 3.78. The quantitative estimate of drug-likeness (QED) is 0.234. The molecule has 2 amide bonds. The molecular formula is C29H25Cl2N3O2S. The van der Waals surface area contributed by atoms with Crippen molar-refractivity contribution < 1.29 is 9.59 Å². The molecule has 3 aromatic carbocycles. The van der Waals surface area contributed by atoms with Crippen molar-refractivity contribution in [2.75, 3.05) is 10.2 Å². The summed E-state index contributed by atoms with van der Waals surface area (Å²) < 4.78 is 0. The minimum Gasteiger partial charge on any atom is -0.320 e. The summed E-state index contributed by atoms with van der Waals surface area (Å²) in [6, 6.07) is 24.0. The van der Waals surface area contributed by atoms with E-state index in [2.05, 4.69) is 24.4 Å². The molecule has 8 heteroatoms. The first kappa shape index (κ1) is 26.8. The lowest BCUT2D eigenvalue weighted by Crippen LogP contribution is -2.30. The predicted molar refractivity (Wildman–Crippen MR) is 152 cm³/mol. The van der Waals surface area contributed by atoms with Gasteiger partial charge in [0.1, 0.15) is 16.7 Å². The van der Waals surface area contributed by atoms with Crippen molar-refractivity contribution in [1.29, 1.82) is 5.26 Å². The zero-order chi connectivity index (χ0) is 26.4. The Bertz CT molecular complexity index is 1370. The lowest BCUT2D eigenvalue weighted by Gasteiger charge is -2.18. The highest BCUT2D eigenvalue weighted by Gasteiger charge is 2.40. The second-order valence-electron chi connectivity index (χ2n) is 8.61. The summed E-state index contributed by atoms with van der Waals surface area (Å²) in [5, 5.41) is 13.2. The predicted octanol–water partition coefficient (Wildman–Crippen LogP) is 7.40. The van der Waals surface area contributed by atoms with Crippen LogP contribution < -0.4 is 10.2 Å². The third-order valence-corrected chi connectivity index (χ3v) is 7.77. The SMILES string of the molecule is CCCCc1ccc(C[C@H]2S/C(=C(\C#N)C(=O)Nc3ccc(Cl)cc3Cl)N(c3ccccc3)C2=O)cc1. The number of rotatable bonds is 8. The Morgan fingerprint density at radius 3 is 2.41 bits per heavy atom. The zero-order valence-corrected chi connectivity index (χ0v) is 22.5. The van der Waals surface area contributed by atoms with Crippen molar-refractivity contribution in [3.63, 3.8) is 0 Å². The fraction of sp³-hybridized carbons (Fsp3) is 0.207. The standard InChI is InChI=1S/C29H25Cl2N3O2S/c1-2-3-7-19-10-12-20(13-11-19)16-26-28(36)34(22-8-5-4-6-9-22)29(37-26)23(18-32)27(35)33-25-15-14-21(30)17-24(25)31/h4-6,8-15,17,26H,2-3,7,16H2,1H3,(H,33,35)/b29-23+/t26-/m1/s1. The minimum absolute atomic E-state index is 0.161. The molecule has 37 heavy (non-hydrogen) atoms. The number of carbonyl (C=O) groups is 2. The van der Waals surface area contributed by atoms with Crippen molar-refractivity contribution in [1.82, 2.24) is 0 Å². The molecule has 0 radical (unpaired) electrons. The molecule has 0 saturated carbocycles. The van der Waals surface area contributed by atoms with E-state index in [1.807, 2.05) is 36.4 Å². The molecule has 1 aliphatic rings. The van der Waals surface area contributed by atoms with Crippen molar-refractivity contribution >= 4 is 58.2 Å². The zero-order valence-electron chi connectivity index (χ0n) is 20.2. The molecule has 0 unspecified atom stereocenters. The molecule has 1 saturated heterocycles. The molecule has 0 aromatic heterocycles. The van der Waals surface area contributed by atoms with Crippen LogP contribution in [0.25, 0.3) is 0 Å². The molecule has 1 fully saturated rings. The summed E-state index contributed by atoms with van der Waals surface area (Å²) in [5.41, 5.74) is 3.05. The van der Waals surface area contributed by atoms with Crippen LogP contribution in [0.4, 0.5) is 11.4 Å². The van der Waals surface area contributed by atoms with Gasteiger partial charge in [-0.1, -0.05) is 90.8 Å². The van der Waals surface area contributed by atoms with E-state index >= 15 is 0 Å². The number of para-hydroxylation sites is 1. The molecule has 0 spiro atoms. The van der Waals surface area contributed by atoms with Crippen molar-refractivity contribution in [3.8, 4) is 6.07 Å². The number of nitriles is 1. The monoisotopic (exact) mass is 549 g/mol. The van der Waals surface area contributed by atoms with Gasteiger partial charge >= 0.3 is 0 Å². The first-order valence-corrected chi connectivity index (χ1v) is 13.6. The first-order valence-electron chi connectivity index (χ1n) is 12.0. The lowest BCUT2D eigenvalue weighted by molar-refractivity contribution is -0.117. The van der Waals surface area contributed by atoms with Crippen LogP contribution in [0.3, 0.4) is 0 Å². The summed E-state index contributed by atoms with van der Waals surface area (Å²) in [4.78, 5) is 28.3. The summed E-state index contributed by atoms with van der Waals surface area (Å²) >= 11 is 13.4. The molecule has 0 bridgehead atoms. The number of thioether (sulfide) groups is 1. The number of amides is 2. The van der Waals surface area contributed by atoms with Crippen LogP contribution in [-0.2, 0) is 22.4 Å². The van der Waals surface area contributed by atoms with Gasteiger partial charge in [-0.05, 0) is 60.7 Å². The Balaban J connectivity index is 1.65. The molecule has 1 N–H and O–H groups in total. The average Bonchev–Trinajstić information content (AvgIpc) is 3.21. The van der Waals surface area contributed by atoms with E-state index < -0.39 is 11.2 Å².